The van der Waals surface area contributed by atoms with Crippen LogP contribution in [-0.4, -0.2) is 6.04 Å². The number of hydrazine groups is 1. The highest BCUT2D eigenvalue weighted by Crippen LogP contribution is 2.17. The van der Waals surface area contributed by atoms with Gasteiger partial charge in [0, 0.05) is 0 Å². The molecule has 9 heavy (non-hydrogen) atoms. The molecule has 0 saturated carbocycles. The van der Waals surface area contributed by atoms with Crippen LogP contribution in [0.1, 0.15) is 20.8 Å². The van der Waals surface area contributed by atoms with Crippen LogP contribution < -0.4 is 11.3 Å². The van der Waals surface area contributed by atoms with Crippen molar-refractivity contribution in [3.05, 3.63) is 0 Å². The molecule has 1 unspecified atom stereocenters. The van der Waals surface area contributed by atoms with E-state index in [2.05, 4.69) is 11.3 Å². The van der Waals surface area contributed by atoms with Gasteiger partial charge in [-0.05, 0) is 5.41 Å². The average Bonchev–Trinajstić information content (AvgIpc) is 1.65. The fourth-order valence-corrected chi connectivity index (χ4v) is 0.548. The molecule has 2 nitrogen and oxygen atoms in total. The summed E-state index contributed by atoms with van der Waals surface area (Å²) in [5.74, 6) is 7.73. The van der Waals surface area contributed by atoms with Crippen LogP contribution in [0.3, 0.4) is 0 Å². The van der Waals surface area contributed by atoms with Gasteiger partial charge in [-0.3, -0.25) is 5.84 Å². The van der Waals surface area contributed by atoms with E-state index < -0.39 is 0 Å². The number of nitrogens with two attached hydrogens (primary N) is 1. The molecule has 0 spiro atoms. The van der Waals surface area contributed by atoms with Gasteiger partial charge in [-0.1, -0.05) is 26.7 Å². The lowest BCUT2D eigenvalue weighted by molar-refractivity contribution is 0.326. The van der Waals surface area contributed by atoms with Crippen LogP contribution in [0.4, 0.5) is 0 Å². The molecule has 0 radical (unpaired) electrons. The van der Waals surface area contributed by atoms with Gasteiger partial charge in [-0.25, -0.2) is 5.43 Å². The van der Waals surface area contributed by atoms with Crippen molar-refractivity contribution in [2.75, 3.05) is 0 Å². The van der Waals surface area contributed by atoms with Crippen molar-refractivity contribution >= 4 is 0 Å². The molecule has 0 bridgehead atoms. The number of nitrogens with one attached hydrogen (secondary N) is 1. The Morgan fingerprint density at radius 3 is 2.00 bits per heavy atom. The van der Waals surface area contributed by atoms with Gasteiger partial charge in [-0.2, -0.15) is 0 Å². The molecule has 3 N–H and O–H groups in total. The maximum atomic E-state index is 5.18. The Bertz CT molecular complexity index is 116. The predicted molar refractivity (Wildman–Crippen MR) is 39.4 cm³/mol. The largest absolute Gasteiger partial charge is 0.270 e. The second kappa shape index (κ2) is 2.86. The van der Waals surface area contributed by atoms with Gasteiger partial charge >= 0.3 is 0 Å². The molecule has 0 aliphatic carbocycles. The van der Waals surface area contributed by atoms with E-state index in [0.717, 1.165) is 0 Å². The highest BCUT2D eigenvalue weighted by atomic mass is 15.2. The van der Waals surface area contributed by atoms with Crippen molar-refractivity contribution < 1.29 is 0 Å². The Hall–Kier alpha value is -0.520. The zero-order valence-corrected chi connectivity index (χ0v) is 6.23. The van der Waals surface area contributed by atoms with E-state index in [9.17, 15) is 0 Å². The third kappa shape index (κ3) is 2.50. The third-order valence-corrected chi connectivity index (χ3v) is 1.20. The van der Waals surface area contributed by atoms with Crippen molar-refractivity contribution in [3.8, 4) is 12.3 Å². The van der Waals surface area contributed by atoms with Gasteiger partial charge in [0.1, 0.15) is 0 Å². The number of hydrogen-bond acceptors (Lipinski definition) is 2. The minimum Gasteiger partial charge on any atom is -0.270 e. The summed E-state index contributed by atoms with van der Waals surface area (Å²) in [6, 6.07) is -0.0440. The molecule has 0 aromatic rings. The molecule has 0 aromatic heterocycles. The SMILES string of the molecule is C#CC(NN)C(C)(C)C. The van der Waals surface area contributed by atoms with Gasteiger partial charge in [0.25, 0.3) is 0 Å². The Labute approximate surface area is 56.8 Å². The smallest absolute Gasteiger partial charge is 0.0862 e. The van der Waals surface area contributed by atoms with E-state index >= 15 is 0 Å². The minimum absolute atomic E-state index is 0.0440. The van der Waals surface area contributed by atoms with E-state index in [1.54, 1.807) is 0 Å². The zero-order valence-electron chi connectivity index (χ0n) is 6.23. The van der Waals surface area contributed by atoms with E-state index in [1.165, 1.54) is 0 Å². The normalized spacial score (nSPS) is 14.6. The minimum atomic E-state index is -0.0440. The maximum Gasteiger partial charge on any atom is 0.0862 e. The highest BCUT2D eigenvalue weighted by Gasteiger charge is 2.20. The average molecular weight is 126 g/mol. The third-order valence-electron chi connectivity index (χ3n) is 1.20. The highest BCUT2D eigenvalue weighted by molar-refractivity contribution is 5.03. The van der Waals surface area contributed by atoms with Gasteiger partial charge in [0.15, 0.2) is 0 Å². The molecular formula is C7H14N2. The monoisotopic (exact) mass is 126 g/mol. The van der Waals surface area contributed by atoms with Gasteiger partial charge < -0.3 is 0 Å². The molecule has 0 aromatic carbocycles. The van der Waals surface area contributed by atoms with Crippen molar-refractivity contribution in [1.29, 1.82) is 0 Å². The zero-order chi connectivity index (χ0) is 7.49. The van der Waals surface area contributed by atoms with Gasteiger partial charge in [0.2, 0.25) is 0 Å². The van der Waals surface area contributed by atoms with Crippen LogP contribution in [0.2, 0.25) is 0 Å². The van der Waals surface area contributed by atoms with Crippen LogP contribution in [0.5, 0.6) is 0 Å². The van der Waals surface area contributed by atoms with Crippen LogP contribution in [0.15, 0.2) is 0 Å². The molecule has 1 atom stereocenters. The molecule has 2 heteroatoms. The number of rotatable bonds is 1. The standard InChI is InChI=1S/C7H14N2/c1-5-6(9-8)7(2,3)4/h1,6,9H,8H2,2-4H3. The molecular weight excluding hydrogens is 112 g/mol. The number of terminal acetylenes is 1. The summed E-state index contributed by atoms with van der Waals surface area (Å²) in [7, 11) is 0. The summed E-state index contributed by atoms with van der Waals surface area (Å²) in [5.41, 5.74) is 2.60. The fraction of sp³-hybridized carbons (Fsp3) is 0.714. The summed E-state index contributed by atoms with van der Waals surface area (Å²) in [4.78, 5) is 0. The van der Waals surface area contributed by atoms with Gasteiger partial charge in [-0.15, -0.1) is 6.42 Å². The molecule has 0 aliphatic heterocycles. The van der Waals surface area contributed by atoms with E-state index in [0.29, 0.717) is 0 Å². The first kappa shape index (κ1) is 8.48. The molecule has 0 fully saturated rings. The van der Waals surface area contributed by atoms with Crippen molar-refractivity contribution in [1.82, 2.24) is 5.43 Å². The lowest BCUT2D eigenvalue weighted by Gasteiger charge is -2.24. The predicted octanol–water partition coefficient (Wildman–Crippen LogP) is 0.498. The summed E-state index contributed by atoms with van der Waals surface area (Å²) in [6.45, 7) is 6.12. The summed E-state index contributed by atoms with van der Waals surface area (Å²) in [5, 5.41) is 0. The van der Waals surface area contributed by atoms with E-state index in [1.807, 2.05) is 20.8 Å². The second-order valence-corrected chi connectivity index (χ2v) is 3.13. The molecule has 0 saturated heterocycles. The molecule has 0 rings (SSSR count). The Morgan fingerprint density at radius 2 is 2.00 bits per heavy atom. The van der Waals surface area contributed by atoms with E-state index in [4.69, 9.17) is 12.3 Å². The second-order valence-electron chi connectivity index (χ2n) is 3.13. The summed E-state index contributed by atoms with van der Waals surface area (Å²) >= 11 is 0. The molecule has 0 heterocycles. The maximum absolute atomic E-state index is 5.18. The number of hydrogen-bond donors (Lipinski definition) is 2. The molecule has 0 amide bonds. The molecule has 0 aliphatic rings. The van der Waals surface area contributed by atoms with Crippen molar-refractivity contribution in [2.24, 2.45) is 11.3 Å². The lowest BCUT2D eigenvalue weighted by Crippen LogP contribution is -2.43. The van der Waals surface area contributed by atoms with Crippen LogP contribution in [0.25, 0.3) is 0 Å². The van der Waals surface area contributed by atoms with Crippen LogP contribution in [0, 0.1) is 17.8 Å². The first-order valence-corrected chi connectivity index (χ1v) is 2.94. The quantitative estimate of drug-likeness (QED) is 0.305. The van der Waals surface area contributed by atoms with Crippen molar-refractivity contribution in [3.63, 3.8) is 0 Å². The Balaban J connectivity index is 4.00. The summed E-state index contributed by atoms with van der Waals surface area (Å²) in [6.07, 6.45) is 5.18. The van der Waals surface area contributed by atoms with Crippen molar-refractivity contribution in [2.45, 2.75) is 26.8 Å². The summed E-state index contributed by atoms with van der Waals surface area (Å²) < 4.78 is 0. The first-order chi connectivity index (χ1) is 4.02. The first-order valence-electron chi connectivity index (χ1n) is 2.94. The lowest BCUT2D eigenvalue weighted by atomic mass is 9.88. The Morgan fingerprint density at radius 1 is 1.56 bits per heavy atom. The van der Waals surface area contributed by atoms with E-state index in [-0.39, 0.29) is 11.5 Å². The Kier molecular flexibility index (Phi) is 2.69. The molecule has 52 valence electrons. The fourth-order valence-electron chi connectivity index (χ4n) is 0.548. The van der Waals surface area contributed by atoms with Gasteiger partial charge in [0.05, 0.1) is 6.04 Å². The van der Waals surface area contributed by atoms with Crippen LogP contribution >= 0.6 is 0 Å². The topological polar surface area (TPSA) is 38.0 Å². The van der Waals surface area contributed by atoms with Crippen LogP contribution in [-0.2, 0) is 0 Å².